The molecule has 0 heterocycles. The van der Waals surface area contributed by atoms with Crippen LogP contribution in [0.2, 0.25) is 0 Å². The first-order valence-corrected chi connectivity index (χ1v) is 7.59. The van der Waals surface area contributed by atoms with Crippen molar-refractivity contribution in [3.8, 4) is 0 Å². The van der Waals surface area contributed by atoms with Crippen molar-refractivity contribution < 1.29 is 4.79 Å². The molecule has 4 nitrogen and oxygen atoms in total. The quantitative estimate of drug-likeness (QED) is 0.687. The van der Waals surface area contributed by atoms with Gasteiger partial charge in [0, 0.05) is 13.0 Å². The Bertz CT molecular complexity index is 298. The number of hydrogen-bond donors (Lipinski definition) is 3. The molecule has 1 fully saturated rings. The molecule has 0 aromatic carbocycles. The van der Waals surface area contributed by atoms with Gasteiger partial charge in [-0.1, -0.05) is 33.1 Å². The van der Waals surface area contributed by atoms with Gasteiger partial charge in [-0.3, -0.25) is 4.79 Å². The van der Waals surface area contributed by atoms with Gasteiger partial charge in [0.25, 0.3) is 0 Å². The summed E-state index contributed by atoms with van der Waals surface area (Å²) < 4.78 is 0. The fourth-order valence-electron chi connectivity index (χ4n) is 2.89. The van der Waals surface area contributed by atoms with E-state index < -0.39 is 0 Å². The van der Waals surface area contributed by atoms with Gasteiger partial charge in [0.1, 0.15) is 0 Å². The molecule has 0 aliphatic heterocycles. The average molecular weight is 269 g/mol. The molecular weight excluding hydrogens is 238 g/mol. The molecule has 0 radical (unpaired) electrons. The van der Waals surface area contributed by atoms with Gasteiger partial charge in [-0.05, 0) is 37.6 Å². The van der Waals surface area contributed by atoms with Crippen molar-refractivity contribution in [1.82, 2.24) is 5.32 Å². The van der Waals surface area contributed by atoms with Gasteiger partial charge in [-0.15, -0.1) is 0 Å². The second-order valence-electron chi connectivity index (χ2n) is 6.77. The molecule has 112 valence electrons. The molecule has 1 saturated carbocycles. The van der Waals surface area contributed by atoms with Crippen LogP contribution in [0.4, 0.5) is 0 Å². The maximum atomic E-state index is 12.3. The molecule has 19 heavy (non-hydrogen) atoms. The molecule has 1 aliphatic rings. The molecule has 5 N–H and O–H groups in total. The van der Waals surface area contributed by atoms with Crippen LogP contribution in [0, 0.1) is 11.3 Å². The third kappa shape index (κ3) is 4.18. The van der Waals surface area contributed by atoms with Gasteiger partial charge in [0.05, 0.1) is 5.54 Å². The van der Waals surface area contributed by atoms with Gasteiger partial charge in [-0.25, -0.2) is 0 Å². The summed E-state index contributed by atoms with van der Waals surface area (Å²) >= 11 is 0. The van der Waals surface area contributed by atoms with E-state index in [0.717, 1.165) is 12.8 Å². The number of nitrogens with one attached hydrogen (secondary N) is 1. The van der Waals surface area contributed by atoms with E-state index in [9.17, 15) is 4.79 Å². The van der Waals surface area contributed by atoms with Crippen LogP contribution in [0.1, 0.15) is 59.3 Å². The highest BCUT2D eigenvalue weighted by molar-refractivity contribution is 5.77. The van der Waals surface area contributed by atoms with Crippen LogP contribution in [0.3, 0.4) is 0 Å². The Morgan fingerprint density at radius 1 is 1.26 bits per heavy atom. The molecule has 4 heteroatoms. The maximum absolute atomic E-state index is 12.3. The monoisotopic (exact) mass is 269 g/mol. The van der Waals surface area contributed by atoms with Crippen LogP contribution in [-0.2, 0) is 4.79 Å². The fourth-order valence-corrected chi connectivity index (χ4v) is 2.89. The number of carbonyl (C=O) groups excluding carboxylic acids is 1. The van der Waals surface area contributed by atoms with Crippen LogP contribution in [0.5, 0.6) is 0 Å². The summed E-state index contributed by atoms with van der Waals surface area (Å²) in [6.45, 7) is 7.28. The van der Waals surface area contributed by atoms with Gasteiger partial charge >= 0.3 is 0 Å². The van der Waals surface area contributed by atoms with E-state index >= 15 is 0 Å². The van der Waals surface area contributed by atoms with Gasteiger partial charge < -0.3 is 16.8 Å². The summed E-state index contributed by atoms with van der Waals surface area (Å²) in [7, 11) is 0. The molecule has 1 atom stereocenters. The highest BCUT2D eigenvalue weighted by Crippen LogP contribution is 2.38. The van der Waals surface area contributed by atoms with Crippen molar-refractivity contribution in [3.63, 3.8) is 0 Å². The molecule has 0 aromatic rings. The molecular formula is C15H31N3O. The lowest BCUT2D eigenvalue weighted by atomic mass is 9.71. The van der Waals surface area contributed by atoms with Crippen molar-refractivity contribution in [3.05, 3.63) is 0 Å². The van der Waals surface area contributed by atoms with Crippen LogP contribution < -0.4 is 16.8 Å². The first kappa shape index (κ1) is 16.4. The summed E-state index contributed by atoms with van der Waals surface area (Å²) in [6.07, 6.45) is 6.38. The van der Waals surface area contributed by atoms with Gasteiger partial charge in [0.15, 0.2) is 0 Å². The predicted molar refractivity (Wildman–Crippen MR) is 79.6 cm³/mol. The Hall–Kier alpha value is -0.610. The molecule has 1 unspecified atom stereocenters. The topological polar surface area (TPSA) is 81.1 Å². The molecule has 0 spiro atoms. The first-order chi connectivity index (χ1) is 8.87. The highest BCUT2D eigenvalue weighted by atomic mass is 16.1. The van der Waals surface area contributed by atoms with Crippen molar-refractivity contribution in [2.75, 3.05) is 13.1 Å². The van der Waals surface area contributed by atoms with Crippen LogP contribution in [-0.4, -0.2) is 24.5 Å². The number of rotatable bonds is 6. The van der Waals surface area contributed by atoms with E-state index in [-0.39, 0.29) is 16.9 Å². The summed E-state index contributed by atoms with van der Waals surface area (Å²) in [6, 6.07) is 0. The summed E-state index contributed by atoms with van der Waals surface area (Å²) in [5.74, 6) is 0.427. The van der Waals surface area contributed by atoms with E-state index in [0.29, 0.717) is 25.4 Å². The van der Waals surface area contributed by atoms with Gasteiger partial charge in [-0.2, -0.15) is 0 Å². The van der Waals surface area contributed by atoms with E-state index in [1.807, 2.05) is 6.92 Å². The highest BCUT2D eigenvalue weighted by Gasteiger charge is 2.35. The second-order valence-corrected chi connectivity index (χ2v) is 6.77. The van der Waals surface area contributed by atoms with Crippen molar-refractivity contribution >= 4 is 5.91 Å². The SMILES string of the molecule is CC(C)C(C)(CN)NC(=O)CC1(CN)CCCCC1. The smallest absolute Gasteiger partial charge is 0.221 e. The Labute approximate surface area is 117 Å². The molecule has 0 bridgehead atoms. The minimum Gasteiger partial charge on any atom is -0.349 e. The normalized spacial score (nSPS) is 22.0. The third-order valence-corrected chi connectivity index (χ3v) is 5.01. The number of hydrogen-bond acceptors (Lipinski definition) is 3. The maximum Gasteiger partial charge on any atom is 0.221 e. The van der Waals surface area contributed by atoms with Crippen molar-refractivity contribution in [2.24, 2.45) is 22.8 Å². The zero-order chi connectivity index (χ0) is 14.5. The van der Waals surface area contributed by atoms with Crippen molar-refractivity contribution in [2.45, 2.75) is 64.8 Å². The number of amides is 1. The first-order valence-electron chi connectivity index (χ1n) is 7.59. The zero-order valence-electron chi connectivity index (χ0n) is 12.8. The lowest BCUT2D eigenvalue weighted by Crippen LogP contribution is -2.56. The summed E-state index contributed by atoms with van der Waals surface area (Å²) in [5.41, 5.74) is 11.5. The largest absolute Gasteiger partial charge is 0.349 e. The standard InChI is InChI=1S/C15H31N3O/c1-12(2)14(3,10-16)18-13(19)9-15(11-17)7-5-4-6-8-15/h12H,4-11,16-17H2,1-3H3,(H,18,19). The van der Waals surface area contributed by atoms with E-state index in [2.05, 4.69) is 19.2 Å². The van der Waals surface area contributed by atoms with E-state index in [1.54, 1.807) is 0 Å². The lowest BCUT2D eigenvalue weighted by Gasteiger charge is -2.38. The molecule has 1 aliphatic carbocycles. The van der Waals surface area contributed by atoms with Crippen molar-refractivity contribution in [1.29, 1.82) is 0 Å². The predicted octanol–water partition coefficient (Wildman–Crippen LogP) is 1.78. The minimum atomic E-state index is -0.318. The second kappa shape index (κ2) is 6.71. The van der Waals surface area contributed by atoms with Crippen LogP contribution in [0.25, 0.3) is 0 Å². The zero-order valence-corrected chi connectivity index (χ0v) is 12.8. The Morgan fingerprint density at radius 2 is 1.84 bits per heavy atom. The van der Waals surface area contributed by atoms with E-state index in [1.165, 1.54) is 19.3 Å². The Morgan fingerprint density at radius 3 is 2.26 bits per heavy atom. The average Bonchev–Trinajstić information content (AvgIpc) is 2.39. The number of nitrogens with two attached hydrogens (primary N) is 2. The Balaban J connectivity index is 2.63. The third-order valence-electron chi connectivity index (χ3n) is 5.01. The minimum absolute atomic E-state index is 0.0226. The molecule has 0 aromatic heterocycles. The molecule has 0 saturated heterocycles. The Kier molecular flexibility index (Phi) is 5.81. The fraction of sp³-hybridized carbons (Fsp3) is 0.933. The number of carbonyl (C=O) groups is 1. The molecule has 1 rings (SSSR count). The van der Waals surface area contributed by atoms with Gasteiger partial charge in [0.2, 0.25) is 5.91 Å². The summed E-state index contributed by atoms with van der Waals surface area (Å²) in [4.78, 5) is 12.3. The van der Waals surface area contributed by atoms with Crippen LogP contribution >= 0.6 is 0 Å². The molecule has 1 amide bonds. The lowest BCUT2D eigenvalue weighted by molar-refractivity contribution is -0.126. The summed E-state index contributed by atoms with van der Waals surface area (Å²) in [5, 5.41) is 3.13. The van der Waals surface area contributed by atoms with Crippen LogP contribution in [0.15, 0.2) is 0 Å². The van der Waals surface area contributed by atoms with E-state index in [4.69, 9.17) is 11.5 Å².